The lowest BCUT2D eigenvalue weighted by atomic mass is 10.2. The molecule has 0 spiro atoms. The van der Waals surface area contributed by atoms with E-state index >= 15 is 0 Å². The van der Waals surface area contributed by atoms with Gasteiger partial charge in [-0.25, -0.2) is 0 Å². The number of rotatable bonds is 5. The molecule has 4 nitrogen and oxygen atoms in total. The van der Waals surface area contributed by atoms with Crippen LogP contribution in [-0.2, 0) is 6.54 Å². The molecule has 21 heavy (non-hydrogen) atoms. The van der Waals surface area contributed by atoms with Gasteiger partial charge < -0.3 is 14.6 Å². The zero-order valence-corrected chi connectivity index (χ0v) is 13.2. The van der Waals surface area contributed by atoms with Gasteiger partial charge in [0.2, 0.25) is 0 Å². The highest BCUT2D eigenvalue weighted by molar-refractivity contribution is 6.30. The van der Waals surface area contributed by atoms with Crippen LogP contribution in [0.5, 0.6) is 0 Å². The monoisotopic (exact) mass is 307 g/mol. The van der Waals surface area contributed by atoms with Gasteiger partial charge in [-0.2, -0.15) is 0 Å². The summed E-state index contributed by atoms with van der Waals surface area (Å²) in [7, 11) is 2.18. The first kappa shape index (κ1) is 14.9. The predicted octanol–water partition coefficient (Wildman–Crippen LogP) is 2.42. The molecule has 5 heteroatoms. The summed E-state index contributed by atoms with van der Waals surface area (Å²) < 4.78 is 5.57. The summed E-state index contributed by atoms with van der Waals surface area (Å²) in [5, 5.41) is 5.09. The maximum Gasteiger partial charge on any atom is 0.199 e. The highest BCUT2D eigenvalue weighted by Gasteiger charge is 2.14. The summed E-state index contributed by atoms with van der Waals surface area (Å²) in [6.45, 7) is 7.46. The number of fused-ring (bicyclic) bond motifs is 1. The molecule has 1 saturated heterocycles. The minimum atomic E-state index is 0.503. The Morgan fingerprint density at radius 1 is 1.19 bits per heavy atom. The van der Waals surface area contributed by atoms with E-state index in [-0.39, 0.29) is 0 Å². The summed E-state index contributed by atoms with van der Waals surface area (Å²) in [6.07, 6.45) is 0. The molecule has 0 atom stereocenters. The molecule has 114 valence electrons. The Morgan fingerprint density at radius 2 is 1.95 bits per heavy atom. The van der Waals surface area contributed by atoms with E-state index in [4.69, 9.17) is 16.0 Å². The van der Waals surface area contributed by atoms with Crippen molar-refractivity contribution in [1.29, 1.82) is 0 Å². The fraction of sp³-hybridized carbons (Fsp3) is 0.500. The molecule has 2 aromatic rings. The van der Waals surface area contributed by atoms with Gasteiger partial charge in [-0.05, 0) is 24.7 Å². The van der Waals surface area contributed by atoms with E-state index in [1.807, 2.05) is 18.2 Å². The Kier molecular flexibility index (Phi) is 4.80. The fourth-order valence-corrected chi connectivity index (χ4v) is 3.01. The van der Waals surface area contributed by atoms with E-state index in [0.29, 0.717) is 5.22 Å². The van der Waals surface area contributed by atoms with Gasteiger partial charge in [0.15, 0.2) is 5.22 Å². The number of nitrogens with one attached hydrogen (secondary N) is 1. The smallest absolute Gasteiger partial charge is 0.199 e. The van der Waals surface area contributed by atoms with Crippen molar-refractivity contribution in [2.45, 2.75) is 6.54 Å². The van der Waals surface area contributed by atoms with Crippen molar-refractivity contribution in [3.63, 3.8) is 0 Å². The zero-order chi connectivity index (χ0) is 14.7. The molecule has 0 aliphatic carbocycles. The molecular weight excluding hydrogens is 286 g/mol. The van der Waals surface area contributed by atoms with Crippen molar-refractivity contribution >= 4 is 22.6 Å². The normalized spacial score (nSPS) is 17.6. The van der Waals surface area contributed by atoms with E-state index < -0.39 is 0 Å². The van der Waals surface area contributed by atoms with E-state index in [0.717, 1.165) is 62.3 Å². The van der Waals surface area contributed by atoms with Gasteiger partial charge >= 0.3 is 0 Å². The molecule has 1 fully saturated rings. The Bertz CT molecular complexity index is 590. The number of piperazine rings is 1. The van der Waals surface area contributed by atoms with Crippen molar-refractivity contribution in [3.8, 4) is 0 Å². The first-order chi connectivity index (χ1) is 10.2. The van der Waals surface area contributed by atoms with Crippen molar-refractivity contribution in [2.75, 3.05) is 46.3 Å². The number of halogens is 1. The average molecular weight is 308 g/mol. The third-order valence-electron chi connectivity index (χ3n) is 4.15. The molecule has 1 aromatic carbocycles. The second kappa shape index (κ2) is 6.79. The van der Waals surface area contributed by atoms with Crippen LogP contribution in [0.4, 0.5) is 0 Å². The van der Waals surface area contributed by atoms with Crippen molar-refractivity contribution < 1.29 is 4.42 Å². The minimum Gasteiger partial charge on any atom is -0.444 e. The zero-order valence-electron chi connectivity index (χ0n) is 12.4. The van der Waals surface area contributed by atoms with Gasteiger partial charge in [0, 0.05) is 56.8 Å². The molecule has 1 aromatic heterocycles. The van der Waals surface area contributed by atoms with E-state index in [2.05, 4.69) is 28.2 Å². The fourth-order valence-electron chi connectivity index (χ4n) is 2.76. The van der Waals surface area contributed by atoms with Crippen LogP contribution in [-0.4, -0.2) is 56.1 Å². The lowest BCUT2D eigenvalue weighted by molar-refractivity contribution is 0.154. The van der Waals surface area contributed by atoms with Gasteiger partial charge in [0.05, 0.1) is 0 Å². The van der Waals surface area contributed by atoms with Crippen molar-refractivity contribution in [2.24, 2.45) is 0 Å². The van der Waals surface area contributed by atoms with Crippen LogP contribution >= 0.6 is 11.6 Å². The molecule has 3 rings (SSSR count). The van der Waals surface area contributed by atoms with Gasteiger partial charge in [0.1, 0.15) is 5.58 Å². The number of para-hydroxylation sites is 1. The first-order valence-electron chi connectivity index (χ1n) is 7.51. The van der Waals surface area contributed by atoms with Crippen LogP contribution in [0.25, 0.3) is 11.0 Å². The van der Waals surface area contributed by atoms with Gasteiger partial charge in [-0.3, -0.25) is 4.90 Å². The highest BCUT2D eigenvalue weighted by atomic mass is 35.5. The molecule has 0 unspecified atom stereocenters. The largest absolute Gasteiger partial charge is 0.444 e. The maximum atomic E-state index is 6.19. The predicted molar refractivity (Wildman–Crippen MR) is 86.9 cm³/mol. The Morgan fingerprint density at radius 3 is 2.76 bits per heavy atom. The molecule has 1 aliphatic heterocycles. The Balaban J connectivity index is 1.49. The van der Waals surface area contributed by atoms with Crippen LogP contribution in [0.3, 0.4) is 0 Å². The van der Waals surface area contributed by atoms with Gasteiger partial charge in [-0.1, -0.05) is 18.2 Å². The quantitative estimate of drug-likeness (QED) is 0.860. The summed E-state index contributed by atoms with van der Waals surface area (Å²) in [5.41, 5.74) is 1.92. The lowest BCUT2D eigenvalue weighted by Gasteiger charge is -2.32. The first-order valence-corrected chi connectivity index (χ1v) is 7.89. The second-order valence-electron chi connectivity index (χ2n) is 5.67. The third-order valence-corrected chi connectivity index (χ3v) is 4.46. The Labute approximate surface area is 130 Å². The number of benzene rings is 1. The molecule has 1 N–H and O–H groups in total. The molecule has 2 heterocycles. The standard InChI is InChI=1S/C16H22ClN3O/c1-19-8-10-20(11-9-19)7-6-18-12-14-13-4-2-3-5-15(13)21-16(14)17/h2-5,18H,6-12H2,1H3. The van der Waals surface area contributed by atoms with Crippen molar-refractivity contribution in [1.82, 2.24) is 15.1 Å². The number of nitrogens with zero attached hydrogens (tertiary/aromatic N) is 2. The summed E-state index contributed by atoms with van der Waals surface area (Å²) in [5.74, 6) is 0. The summed E-state index contributed by atoms with van der Waals surface area (Å²) in [6, 6.07) is 7.99. The topological polar surface area (TPSA) is 31.6 Å². The highest BCUT2D eigenvalue weighted by Crippen LogP contribution is 2.29. The number of hydrogen-bond donors (Lipinski definition) is 1. The number of hydrogen-bond acceptors (Lipinski definition) is 4. The summed E-state index contributed by atoms with van der Waals surface area (Å²) in [4.78, 5) is 4.88. The maximum absolute atomic E-state index is 6.19. The Hall–Kier alpha value is -1.07. The van der Waals surface area contributed by atoms with Crippen LogP contribution in [0.15, 0.2) is 28.7 Å². The van der Waals surface area contributed by atoms with E-state index in [9.17, 15) is 0 Å². The number of furan rings is 1. The molecule has 1 aliphatic rings. The second-order valence-corrected chi connectivity index (χ2v) is 6.02. The van der Waals surface area contributed by atoms with Crippen LogP contribution in [0.2, 0.25) is 5.22 Å². The third kappa shape index (κ3) is 3.58. The van der Waals surface area contributed by atoms with Crippen LogP contribution < -0.4 is 5.32 Å². The minimum absolute atomic E-state index is 0.503. The number of likely N-dealkylation sites (N-methyl/N-ethyl adjacent to an activating group) is 1. The van der Waals surface area contributed by atoms with E-state index in [1.165, 1.54) is 0 Å². The van der Waals surface area contributed by atoms with Crippen LogP contribution in [0.1, 0.15) is 5.56 Å². The molecule has 0 saturated carbocycles. The van der Waals surface area contributed by atoms with Gasteiger partial charge in [-0.15, -0.1) is 0 Å². The van der Waals surface area contributed by atoms with Crippen LogP contribution in [0, 0.1) is 0 Å². The van der Waals surface area contributed by atoms with Gasteiger partial charge in [0.25, 0.3) is 0 Å². The molecule has 0 amide bonds. The van der Waals surface area contributed by atoms with Crippen molar-refractivity contribution in [3.05, 3.63) is 35.0 Å². The average Bonchev–Trinajstić information content (AvgIpc) is 2.81. The molecule has 0 radical (unpaired) electrons. The lowest BCUT2D eigenvalue weighted by Crippen LogP contribution is -2.46. The SMILES string of the molecule is CN1CCN(CCNCc2c(Cl)oc3ccccc23)CC1. The van der Waals surface area contributed by atoms with E-state index in [1.54, 1.807) is 0 Å². The molecular formula is C16H22ClN3O. The molecule has 0 bridgehead atoms. The summed E-state index contributed by atoms with van der Waals surface area (Å²) >= 11 is 6.19.